The summed E-state index contributed by atoms with van der Waals surface area (Å²) in [5.74, 6) is -2.05. The maximum atomic E-state index is 12.4. The number of hydrogen-bond acceptors (Lipinski definition) is 8. The number of aryl methyl sites for hydroxylation is 1. The SMILES string of the molecule is CCOC(=O)c1c(NC(=O)COC(=O)c2ccc(Cl)c([N+](=O)[O-])c2)sc2c1CCCC2. The normalized spacial score (nSPS) is 12.6. The maximum Gasteiger partial charge on any atom is 0.341 e. The van der Waals surface area contributed by atoms with Crippen LogP contribution in [0, 0.1) is 10.1 Å². The molecule has 3 rings (SSSR count). The van der Waals surface area contributed by atoms with E-state index in [4.69, 9.17) is 21.1 Å². The number of benzene rings is 1. The minimum absolute atomic E-state index is 0.109. The maximum absolute atomic E-state index is 12.4. The summed E-state index contributed by atoms with van der Waals surface area (Å²) in [5.41, 5.74) is 0.705. The molecule has 0 fully saturated rings. The van der Waals surface area contributed by atoms with Crippen molar-refractivity contribution >= 4 is 51.5 Å². The van der Waals surface area contributed by atoms with Crippen molar-refractivity contribution in [3.8, 4) is 0 Å². The zero-order chi connectivity index (χ0) is 22.5. The number of thiophene rings is 1. The lowest BCUT2D eigenvalue weighted by Crippen LogP contribution is -2.22. The first-order valence-electron chi connectivity index (χ1n) is 9.54. The van der Waals surface area contributed by atoms with E-state index >= 15 is 0 Å². The molecular formula is C20H19ClN2O7S. The summed E-state index contributed by atoms with van der Waals surface area (Å²) in [6, 6.07) is 3.45. The van der Waals surface area contributed by atoms with E-state index < -0.39 is 35.1 Å². The van der Waals surface area contributed by atoms with E-state index in [0.29, 0.717) is 10.6 Å². The minimum Gasteiger partial charge on any atom is -0.462 e. The fraction of sp³-hybridized carbons (Fsp3) is 0.350. The molecule has 0 spiro atoms. The number of amides is 1. The van der Waals surface area contributed by atoms with Crippen molar-refractivity contribution in [2.75, 3.05) is 18.5 Å². The number of nitrogens with one attached hydrogen (secondary N) is 1. The second-order valence-corrected chi connectivity index (χ2v) is 8.20. The van der Waals surface area contributed by atoms with E-state index in [9.17, 15) is 24.5 Å². The molecule has 164 valence electrons. The molecule has 31 heavy (non-hydrogen) atoms. The van der Waals surface area contributed by atoms with Crippen LogP contribution in [0.3, 0.4) is 0 Å². The monoisotopic (exact) mass is 466 g/mol. The standard InChI is InChI=1S/C20H19ClN2O7S/c1-2-29-20(26)17-12-5-3-4-6-15(12)31-18(17)22-16(24)10-30-19(25)11-7-8-13(21)14(9-11)23(27)28/h7-9H,2-6,10H2,1H3,(H,22,24). The molecule has 0 unspecified atom stereocenters. The van der Waals surface area contributed by atoms with Crippen LogP contribution in [0.1, 0.15) is 50.9 Å². The Balaban J connectivity index is 1.69. The smallest absolute Gasteiger partial charge is 0.341 e. The number of nitrogens with zero attached hydrogens (tertiary/aromatic N) is 1. The highest BCUT2D eigenvalue weighted by atomic mass is 35.5. The quantitative estimate of drug-likeness (QED) is 0.369. The van der Waals surface area contributed by atoms with Crippen LogP contribution in [-0.4, -0.2) is 36.0 Å². The van der Waals surface area contributed by atoms with Crippen LogP contribution in [0.4, 0.5) is 10.7 Å². The molecule has 1 aliphatic rings. The zero-order valence-electron chi connectivity index (χ0n) is 16.6. The van der Waals surface area contributed by atoms with Gasteiger partial charge in [-0.15, -0.1) is 11.3 Å². The van der Waals surface area contributed by atoms with E-state index in [1.807, 2.05) is 0 Å². The highest BCUT2D eigenvalue weighted by Gasteiger charge is 2.27. The lowest BCUT2D eigenvalue weighted by atomic mass is 9.95. The third-order valence-corrected chi connectivity index (χ3v) is 6.14. The Labute approximate surface area is 186 Å². The average Bonchev–Trinajstić information content (AvgIpc) is 3.10. The number of carbonyl (C=O) groups is 3. The van der Waals surface area contributed by atoms with Crippen LogP contribution >= 0.6 is 22.9 Å². The van der Waals surface area contributed by atoms with Gasteiger partial charge < -0.3 is 14.8 Å². The van der Waals surface area contributed by atoms with Crippen molar-refractivity contribution in [3.63, 3.8) is 0 Å². The summed E-state index contributed by atoms with van der Waals surface area (Å²) >= 11 is 7.04. The molecule has 11 heteroatoms. The summed E-state index contributed by atoms with van der Waals surface area (Å²) in [7, 11) is 0. The summed E-state index contributed by atoms with van der Waals surface area (Å²) in [6.45, 7) is 1.29. The molecule has 0 aliphatic heterocycles. The molecule has 9 nitrogen and oxygen atoms in total. The lowest BCUT2D eigenvalue weighted by Gasteiger charge is -2.12. The number of nitro groups is 1. The van der Waals surface area contributed by atoms with E-state index in [-0.39, 0.29) is 17.2 Å². The summed E-state index contributed by atoms with van der Waals surface area (Å²) in [5, 5.41) is 13.8. The van der Waals surface area contributed by atoms with Gasteiger partial charge in [-0.05, 0) is 50.3 Å². The van der Waals surface area contributed by atoms with E-state index in [1.54, 1.807) is 6.92 Å². The van der Waals surface area contributed by atoms with Gasteiger partial charge in [0.1, 0.15) is 10.0 Å². The fourth-order valence-corrected chi connectivity index (χ4v) is 4.71. The highest BCUT2D eigenvalue weighted by molar-refractivity contribution is 7.17. The number of ether oxygens (including phenoxy) is 2. The molecule has 1 heterocycles. The molecule has 2 aromatic rings. The van der Waals surface area contributed by atoms with E-state index in [2.05, 4.69) is 5.32 Å². The molecule has 1 aliphatic carbocycles. The number of esters is 2. The lowest BCUT2D eigenvalue weighted by molar-refractivity contribution is -0.384. The second kappa shape index (κ2) is 9.88. The second-order valence-electron chi connectivity index (χ2n) is 6.68. The molecule has 0 atom stereocenters. The van der Waals surface area contributed by atoms with Crippen molar-refractivity contribution in [3.05, 3.63) is 54.9 Å². The first-order valence-corrected chi connectivity index (χ1v) is 10.7. The van der Waals surface area contributed by atoms with Gasteiger partial charge in [-0.1, -0.05) is 11.6 Å². The predicted octanol–water partition coefficient (Wildman–Crippen LogP) is 4.16. The Kier molecular flexibility index (Phi) is 7.24. The van der Waals surface area contributed by atoms with Crippen molar-refractivity contribution in [1.29, 1.82) is 0 Å². The molecule has 0 saturated heterocycles. The van der Waals surface area contributed by atoms with E-state index in [0.717, 1.165) is 42.2 Å². The van der Waals surface area contributed by atoms with Gasteiger partial charge in [0.15, 0.2) is 6.61 Å². The molecule has 0 radical (unpaired) electrons. The Bertz CT molecular complexity index is 1050. The third kappa shape index (κ3) is 5.20. The van der Waals surface area contributed by atoms with Gasteiger partial charge >= 0.3 is 11.9 Å². The molecular weight excluding hydrogens is 448 g/mol. The first-order chi connectivity index (χ1) is 14.8. The van der Waals surface area contributed by atoms with Crippen LogP contribution in [-0.2, 0) is 27.1 Å². The number of carbonyl (C=O) groups excluding carboxylic acids is 3. The minimum atomic E-state index is -0.911. The van der Waals surface area contributed by atoms with Crippen LogP contribution in [0.5, 0.6) is 0 Å². The number of anilines is 1. The topological polar surface area (TPSA) is 125 Å². The van der Waals surface area contributed by atoms with Gasteiger partial charge in [0.25, 0.3) is 11.6 Å². The Hall–Kier alpha value is -2.98. The number of rotatable bonds is 7. The molecule has 1 N–H and O–H groups in total. The van der Waals surface area contributed by atoms with Gasteiger partial charge in [0.05, 0.1) is 22.7 Å². The Morgan fingerprint density at radius 1 is 1.19 bits per heavy atom. The number of nitro benzene ring substituents is 1. The van der Waals surface area contributed by atoms with Gasteiger partial charge in [-0.2, -0.15) is 0 Å². The van der Waals surface area contributed by atoms with Crippen molar-refractivity contribution in [2.24, 2.45) is 0 Å². The van der Waals surface area contributed by atoms with Gasteiger partial charge in [0, 0.05) is 10.9 Å². The summed E-state index contributed by atoms with van der Waals surface area (Å²) in [4.78, 5) is 48.2. The van der Waals surface area contributed by atoms with Gasteiger partial charge in [0.2, 0.25) is 0 Å². The Morgan fingerprint density at radius 3 is 2.65 bits per heavy atom. The van der Waals surface area contributed by atoms with Gasteiger partial charge in [-0.3, -0.25) is 14.9 Å². The largest absolute Gasteiger partial charge is 0.462 e. The molecule has 0 bridgehead atoms. The van der Waals surface area contributed by atoms with E-state index in [1.165, 1.54) is 23.5 Å². The molecule has 1 amide bonds. The zero-order valence-corrected chi connectivity index (χ0v) is 18.1. The van der Waals surface area contributed by atoms with Crippen molar-refractivity contribution in [1.82, 2.24) is 0 Å². The molecule has 1 aromatic heterocycles. The van der Waals surface area contributed by atoms with Crippen LogP contribution < -0.4 is 5.32 Å². The molecule has 0 saturated carbocycles. The van der Waals surface area contributed by atoms with Crippen LogP contribution in [0.15, 0.2) is 18.2 Å². The average molecular weight is 467 g/mol. The first kappa shape index (κ1) is 22.7. The van der Waals surface area contributed by atoms with Crippen LogP contribution in [0.25, 0.3) is 0 Å². The third-order valence-electron chi connectivity index (χ3n) is 4.62. The number of fused-ring (bicyclic) bond motifs is 1. The number of halogens is 1. The van der Waals surface area contributed by atoms with Crippen molar-refractivity contribution in [2.45, 2.75) is 32.6 Å². The van der Waals surface area contributed by atoms with Crippen LogP contribution in [0.2, 0.25) is 5.02 Å². The highest BCUT2D eigenvalue weighted by Crippen LogP contribution is 2.38. The summed E-state index contributed by atoms with van der Waals surface area (Å²) in [6.07, 6.45) is 3.52. The molecule has 1 aromatic carbocycles. The summed E-state index contributed by atoms with van der Waals surface area (Å²) < 4.78 is 10.1. The van der Waals surface area contributed by atoms with Gasteiger partial charge in [-0.25, -0.2) is 9.59 Å². The Morgan fingerprint density at radius 2 is 1.94 bits per heavy atom. The van der Waals surface area contributed by atoms with Crippen molar-refractivity contribution < 1.29 is 28.8 Å². The number of hydrogen-bond donors (Lipinski definition) is 1. The predicted molar refractivity (Wildman–Crippen MR) is 114 cm³/mol. The fourth-order valence-electron chi connectivity index (χ4n) is 3.23.